The predicted octanol–water partition coefficient (Wildman–Crippen LogP) is 3.58. The van der Waals surface area contributed by atoms with Crippen LogP contribution in [0.3, 0.4) is 0 Å². The minimum atomic E-state index is -0.263. The number of nitrogens with zero attached hydrogens (tertiary/aromatic N) is 1. The van der Waals surface area contributed by atoms with Crippen molar-refractivity contribution < 1.29 is 8.78 Å². The lowest BCUT2D eigenvalue weighted by molar-refractivity contribution is 0.627. The van der Waals surface area contributed by atoms with Crippen molar-refractivity contribution in [2.75, 3.05) is 0 Å². The maximum atomic E-state index is 12.6. The number of benzene rings is 2. The lowest BCUT2D eigenvalue weighted by atomic mass is 10.2. The van der Waals surface area contributed by atoms with E-state index >= 15 is 0 Å². The Kier molecular flexibility index (Phi) is 3.60. The Bertz CT molecular complexity index is 501. The molecular weight excluding hydrogens is 220 g/mol. The number of hydrogen-bond acceptors (Lipinski definition) is 1. The van der Waals surface area contributed by atoms with E-state index in [0.29, 0.717) is 6.54 Å². The fourth-order valence-corrected chi connectivity index (χ4v) is 1.40. The lowest BCUT2D eigenvalue weighted by Gasteiger charge is -1.96. The van der Waals surface area contributed by atoms with Gasteiger partial charge in [-0.3, -0.25) is 4.99 Å². The molecule has 0 amide bonds. The zero-order valence-corrected chi connectivity index (χ0v) is 9.11. The van der Waals surface area contributed by atoms with Gasteiger partial charge in [-0.2, -0.15) is 0 Å². The molecule has 1 nitrogen and oxygen atoms in total. The van der Waals surface area contributed by atoms with Crippen molar-refractivity contribution in [1.82, 2.24) is 0 Å². The Morgan fingerprint density at radius 2 is 1.35 bits per heavy atom. The van der Waals surface area contributed by atoms with E-state index in [4.69, 9.17) is 0 Å². The molecule has 0 bridgehead atoms. The van der Waals surface area contributed by atoms with Gasteiger partial charge in [0, 0.05) is 6.21 Å². The Hall–Kier alpha value is -2.03. The van der Waals surface area contributed by atoms with Crippen molar-refractivity contribution in [1.29, 1.82) is 0 Å². The smallest absolute Gasteiger partial charge is 0.123 e. The first-order valence-corrected chi connectivity index (χ1v) is 5.24. The summed E-state index contributed by atoms with van der Waals surface area (Å²) in [5.74, 6) is -0.517. The third kappa shape index (κ3) is 3.48. The zero-order chi connectivity index (χ0) is 12.1. The van der Waals surface area contributed by atoms with Crippen LogP contribution in [0.5, 0.6) is 0 Å². The van der Waals surface area contributed by atoms with E-state index in [1.807, 2.05) is 0 Å². The van der Waals surface area contributed by atoms with Crippen LogP contribution in [-0.4, -0.2) is 6.21 Å². The molecule has 0 aliphatic carbocycles. The molecule has 17 heavy (non-hydrogen) atoms. The molecule has 86 valence electrons. The van der Waals surface area contributed by atoms with Gasteiger partial charge in [-0.25, -0.2) is 8.78 Å². The third-order valence-corrected chi connectivity index (χ3v) is 2.30. The molecule has 0 aromatic heterocycles. The van der Waals surface area contributed by atoms with Gasteiger partial charge < -0.3 is 0 Å². The van der Waals surface area contributed by atoms with Gasteiger partial charge in [-0.05, 0) is 35.4 Å². The highest BCUT2D eigenvalue weighted by Gasteiger charge is 1.92. The van der Waals surface area contributed by atoms with Crippen LogP contribution >= 0.6 is 0 Å². The summed E-state index contributed by atoms with van der Waals surface area (Å²) in [5, 5.41) is 0. The van der Waals surface area contributed by atoms with Crippen LogP contribution in [0.4, 0.5) is 8.78 Å². The number of aliphatic imine (C=N–C) groups is 1. The number of halogens is 2. The normalized spacial score (nSPS) is 10.9. The zero-order valence-electron chi connectivity index (χ0n) is 9.11. The second kappa shape index (κ2) is 5.34. The molecule has 2 aromatic carbocycles. The Morgan fingerprint density at radius 3 is 1.94 bits per heavy atom. The Labute approximate surface area is 98.4 Å². The van der Waals surface area contributed by atoms with Crippen LogP contribution < -0.4 is 0 Å². The van der Waals surface area contributed by atoms with E-state index < -0.39 is 0 Å². The van der Waals surface area contributed by atoms with Crippen LogP contribution in [0.2, 0.25) is 0 Å². The van der Waals surface area contributed by atoms with E-state index in [-0.39, 0.29) is 11.6 Å². The van der Waals surface area contributed by atoms with Gasteiger partial charge in [0.05, 0.1) is 6.54 Å². The fraction of sp³-hybridized carbons (Fsp3) is 0.0714. The molecule has 3 heteroatoms. The second-order valence-electron chi connectivity index (χ2n) is 3.65. The molecule has 0 saturated carbocycles. The monoisotopic (exact) mass is 231 g/mol. The van der Waals surface area contributed by atoms with E-state index in [0.717, 1.165) is 11.1 Å². The average molecular weight is 231 g/mol. The summed E-state index contributed by atoms with van der Waals surface area (Å²) < 4.78 is 25.3. The molecule has 0 aliphatic rings. The fourth-order valence-electron chi connectivity index (χ4n) is 1.40. The van der Waals surface area contributed by atoms with Gasteiger partial charge in [0.15, 0.2) is 0 Å². The van der Waals surface area contributed by atoms with Gasteiger partial charge in [-0.15, -0.1) is 0 Å². The first-order valence-electron chi connectivity index (χ1n) is 5.24. The van der Waals surface area contributed by atoms with Crippen molar-refractivity contribution in [2.24, 2.45) is 4.99 Å². The van der Waals surface area contributed by atoms with Crippen molar-refractivity contribution in [3.05, 3.63) is 71.3 Å². The highest BCUT2D eigenvalue weighted by Crippen LogP contribution is 2.05. The lowest BCUT2D eigenvalue weighted by Crippen LogP contribution is -1.85. The number of rotatable bonds is 3. The average Bonchev–Trinajstić information content (AvgIpc) is 2.34. The Morgan fingerprint density at radius 1 is 0.824 bits per heavy atom. The summed E-state index contributed by atoms with van der Waals surface area (Å²) in [6.45, 7) is 0.484. The molecule has 0 atom stereocenters. The van der Waals surface area contributed by atoms with Crippen molar-refractivity contribution in [2.45, 2.75) is 6.54 Å². The van der Waals surface area contributed by atoms with Gasteiger partial charge >= 0.3 is 0 Å². The first kappa shape index (κ1) is 11.5. The van der Waals surface area contributed by atoms with Crippen LogP contribution in [0.1, 0.15) is 11.1 Å². The SMILES string of the molecule is Fc1ccc(C=NCc2ccc(F)cc2)cc1. The molecule has 0 radical (unpaired) electrons. The molecule has 2 rings (SSSR count). The van der Waals surface area contributed by atoms with E-state index in [1.165, 1.54) is 24.3 Å². The summed E-state index contributed by atoms with van der Waals surface area (Å²) in [6, 6.07) is 12.3. The second-order valence-corrected chi connectivity index (χ2v) is 3.65. The molecule has 0 spiro atoms. The minimum Gasteiger partial charge on any atom is -0.288 e. The largest absolute Gasteiger partial charge is 0.288 e. The van der Waals surface area contributed by atoms with Crippen LogP contribution in [-0.2, 0) is 6.54 Å². The standard InChI is InChI=1S/C14H11F2N/c15-13-5-1-11(2-6-13)9-17-10-12-3-7-14(16)8-4-12/h1-9H,10H2. The number of hydrogen-bond donors (Lipinski definition) is 0. The minimum absolute atomic E-state index is 0.253. The van der Waals surface area contributed by atoms with Crippen LogP contribution in [0, 0.1) is 11.6 Å². The maximum absolute atomic E-state index is 12.6. The topological polar surface area (TPSA) is 12.4 Å². The summed E-state index contributed by atoms with van der Waals surface area (Å²) in [4.78, 5) is 4.20. The summed E-state index contributed by atoms with van der Waals surface area (Å²) in [7, 11) is 0. The molecule has 0 saturated heterocycles. The van der Waals surface area contributed by atoms with Crippen molar-refractivity contribution >= 4 is 6.21 Å². The van der Waals surface area contributed by atoms with Gasteiger partial charge in [-0.1, -0.05) is 24.3 Å². The van der Waals surface area contributed by atoms with Gasteiger partial charge in [0.2, 0.25) is 0 Å². The molecule has 0 aliphatic heterocycles. The molecule has 0 fully saturated rings. The van der Waals surface area contributed by atoms with Crippen LogP contribution in [0.15, 0.2) is 53.5 Å². The maximum Gasteiger partial charge on any atom is 0.123 e. The van der Waals surface area contributed by atoms with Crippen molar-refractivity contribution in [3.8, 4) is 0 Å². The highest BCUT2D eigenvalue weighted by atomic mass is 19.1. The molecular formula is C14H11F2N. The first-order chi connectivity index (χ1) is 8.24. The highest BCUT2D eigenvalue weighted by molar-refractivity contribution is 5.79. The summed E-state index contributed by atoms with van der Waals surface area (Å²) in [6.07, 6.45) is 1.67. The van der Waals surface area contributed by atoms with Crippen molar-refractivity contribution in [3.63, 3.8) is 0 Å². The third-order valence-electron chi connectivity index (χ3n) is 2.30. The summed E-state index contributed by atoms with van der Waals surface area (Å²) in [5.41, 5.74) is 1.78. The van der Waals surface area contributed by atoms with E-state index in [9.17, 15) is 8.78 Å². The van der Waals surface area contributed by atoms with E-state index in [1.54, 1.807) is 30.5 Å². The molecule has 0 unspecified atom stereocenters. The Balaban J connectivity index is 1.97. The predicted molar refractivity (Wildman–Crippen MR) is 64.1 cm³/mol. The molecule has 0 N–H and O–H groups in total. The van der Waals surface area contributed by atoms with Gasteiger partial charge in [0.25, 0.3) is 0 Å². The van der Waals surface area contributed by atoms with Crippen LogP contribution in [0.25, 0.3) is 0 Å². The molecule has 2 aromatic rings. The molecule has 0 heterocycles. The van der Waals surface area contributed by atoms with Gasteiger partial charge in [0.1, 0.15) is 11.6 Å². The quantitative estimate of drug-likeness (QED) is 0.716. The van der Waals surface area contributed by atoms with E-state index in [2.05, 4.69) is 4.99 Å². The summed E-state index contributed by atoms with van der Waals surface area (Å²) >= 11 is 0.